The van der Waals surface area contributed by atoms with Gasteiger partial charge < -0.3 is 4.90 Å². The van der Waals surface area contributed by atoms with Gasteiger partial charge in [-0.3, -0.25) is 4.98 Å². The van der Waals surface area contributed by atoms with Crippen LogP contribution in [0.2, 0.25) is 0 Å². The number of nitriles is 1. The second-order valence-electron chi connectivity index (χ2n) is 5.38. The molecule has 0 aliphatic carbocycles. The van der Waals surface area contributed by atoms with E-state index >= 15 is 0 Å². The van der Waals surface area contributed by atoms with Crippen LogP contribution in [0.1, 0.15) is 43.1 Å². The quantitative estimate of drug-likeness (QED) is 0.760. The van der Waals surface area contributed by atoms with Crippen LogP contribution in [0.3, 0.4) is 0 Å². The first-order chi connectivity index (χ1) is 8.61. The Morgan fingerprint density at radius 3 is 2.83 bits per heavy atom. The Bertz CT molecular complexity index is 473. The van der Waals surface area contributed by atoms with Gasteiger partial charge in [0.15, 0.2) is 0 Å². The summed E-state index contributed by atoms with van der Waals surface area (Å²) in [4.78, 5) is 6.75. The van der Waals surface area contributed by atoms with E-state index in [0.29, 0.717) is 0 Å². The maximum atomic E-state index is 9.33. The Morgan fingerprint density at radius 1 is 1.33 bits per heavy atom. The standard InChI is InChI=1S/C15H21N3/c1-11-5-4-7-18(8-6-11)15-9-12(2)17-13(3)14(15)10-16/h9,11H,4-8H2,1-3H3. The zero-order chi connectivity index (χ0) is 13.1. The third-order valence-electron chi connectivity index (χ3n) is 3.78. The van der Waals surface area contributed by atoms with Gasteiger partial charge in [-0.2, -0.15) is 5.26 Å². The second kappa shape index (κ2) is 5.39. The van der Waals surface area contributed by atoms with Crippen LogP contribution in [-0.4, -0.2) is 18.1 Å². The van der Waals surface area contributed by atoms with Crippen molar-refractivity contribution in [1.29, 1.82) is 5.26 Å². The number of nitrogens with zero attached hydrogens (tertiary/aromatic N) is 3. The summed E-state index contributed by atoms with van der Waals surface area (Å²) in [5, 5.41) is 9.33. The Kier molecular flexibility index (Phi) is 3.86. The molecule has 1 aliphatic rings. The molecule has 1 aromatic heterocycles. The Balaban J connectivity index is 2.35. The maximum absolute atomic E-state index is 9.33. The SMILES string of the molecule is Cc1cc(N2CCCC(C)CC2)c(C#N)c(C)n1. The zero-order valence-corrected chi connectivity index (χ0v) is 11.5. The maximum Gasteiger partial charge on any atom is 0.103 e. The van der Waals surface area contributed by atoms with Crippen molar-refractivity contribution in [3.8, 4) is 6.07 Å². The average Bonchev–Trinajstić information content (AvgIpc) is 2.53. The average molecular weight is 243 g/mol. The smallest absolute Gasteiger partial charge is 0.103 e. The minimum atomic E-state index is 0.746. The minimum Gasteiger partial charge on any atom is -0.370 e. The normalized spacial score (nSPS) is 20.3. The summed E-state index contributed by atoms with van der Waals surface area (Å²) >= 11 is 0. The molecule has 0 amide bonds. The molecule has 96 valence electrons. The lowest BCUT2D eigenvalue weighted by Gasteiger charge is -2.24. The molecule has 1 aliphatic heterocycles. The van der Waals surface area contributed by atoms with Crippen LogP contribution < -0.4 is 4.90 Å². The first-order valence-corrected chi connectivity index (χ1v) is 6.75. The molecular weight excluding hydrogens is 222 g/mol. The monoisotopic (exact) mass is 243 g/mol. The molecule has 0 aromatic carbocycles. The number of anilines is 1. The summed E-state index contributed by atoms with van der Waals surface area (Å²) in [6.45, 7) is 8.35. The largest absolute Gasteiger partial charge is 0.370 e. The minimum absolute atomic E-state index is 0.746. The van der Waals surface area contributed by atoms with Gasteiger partial charge in [0.05, 0.1) is 16.9 Å². The summed E-state index contributed by atoms with van der Waals surface area (Å²) in [5.41, 5.74) is 3.68. The summed E-state index contributed by atoms with van der Waals surface area (Å²) < 4.78 is 0. The predicted molar refractivity (Wildman–Crippen MR) is 73.7 cm³/mol. The van der Waals surface area contributed by atoms with E-state index in [4.69, 9.17) is 0 Å². The van der Waals surface area contributed by atoms with Gasteiger partial charge in [-0.05, 0) is 45.1 Å². The molecule has 1 unspecified atom stereocenters. The Labute approximate surface area is 109 Å². The molecule has 18 heavy (non-hydrogen) atoms. The molecule has 0 radical (unpaired) electrons. The van der Waals surface area contributed by atoms with Crippen molar-refractivity contribution in [3.63, 3.8) is 0 Å². The third-order valence-corrected chi connectivity index (χ3v) is 3.78. The van der Waals surface area contributed by atoms with Gasteiger partial charge >= 0.3 is 0 Å². The fraction of sp³-hybridized carbons (Fsp3) is 0.600. The van der Waals surface area contributed by atoms with Crippen LogP contribution in [0.15, 0.2) is 6.07 Å². The molecule has 1 atom stereocenters. The second-order valence-corrected chi connectivity index (χ2v) is 5.38. The summed E-state index contributed by atoms with van der Waals surface area (Å²) in [6, 6.07) is 4.37. The lowest BCUT2D eigenvalue weighted by Crippen LogP contribution is -2.25. The Hall–Kier alpha value is -1.56. The van der Waals surface area contributed by atoms with E-state index in [2.05, 4.69) is 28.9 Å². The first kappa shape index (κ1) is 12.9. The van der Waals surface area contributed by atoms with E-state index in [1.54, 1.807) is 0 Å². The van der Waals surface area contributed by atoms with Gasteiger partial charge in [0.2, 0.25) is 0 Å². The molecule has 1 fully saturated rings. The molecule has 0 spiro atoms. The Morgan fingerprint density at radius 2 is 2.11 bits per heavy atom. The molecule has 1 aromatic rings. The van der Waals surface area contributed by atoms with Crippen LogP contribution in [0.5, 0.6) is 0 Å². The lowest BCUT2D eigenvalue weighted by atomic mass is 10.0. The fourth-order valence-electron chi connectivity index (χ4n) is 2.70. The van der Waals surface area contributed by atoms with Crippen LogP contribution >= 0.6 is 0 Å². The van der Waals surface area contributed by atoms with Crippen molar-refractivity contribution >= 4 is 5.69 Å². The zero-order valence-electron chi connectivity index (χ0n) is 11.5. The van der Waals surface area contributed by atoms with E-state index in [1.807, 2.05) is 13.8 Å². The first-order valence-electron chi connectivity index (χ1n) is 6.75. The van der Waals surface area contributed by atoms with Crippen LogP contribution in [-0.2, 0) is 0 Å². The topological polar surface area (TPSA) is 39.9 Å². The van der Waals surface area contributed by atoms with Crippen molar-refractivity contribution in [2.45, 2.75) is 40.0 Å². The van der Waals surface area contributed by atoms with Gasteiger partial charge in [0, 0.05) is 18.8 Å². The van der Waals surface area contributed by atoms with Gasteiger partial charge in [-0.15, -0.1) is 0 Å². The summed E-state index contributed by atoms with van der Waals surface area (Å²) in [7, 11) is 0. The van der Waals surface area contributed by atoms with E-state index in [9.17, 15) is 5.26 Å². The third kappa shape index (κ3) is 2.64. The molecule has 3 nitrogen and oxygen atoms in total. The van der Waals surface area contributed by atoms with Gasteiger partial charge in [-0.1, -0.05) is 6.92 Å². The molecule has 2 heterocycles. The molecule has 0 bridgehead atoms. The molecule has 3 heteroatoms. The van der Waals surface area contributed by atoms with Gasteiger partial charge in [0.1, 0.15) is 6.07 Å². The number of aryl methyl sites for hydroxylation is 2. The highest BCUT2D eigenvalue weighted by atomic mass is 15.1. The molecule has 0 N–H and O–H groups in total. The highest BCUT2D eigenvalue weighted by molar-refractivity contribution is 5.61. The predicted octanol–water partition coefficient (Wildman–Crippen LogP) is 3.20. The highest BCUT2D eigenvalue weighted by Gasteiger charge is 2.18. The summed E-state index contributed by atoms with van der Waals surface area (Å²) in [6.07, 6.45) is 3.72. The van der Waals surface area contributed by atoms with Crippen molar-refractivity contribution < 1.29 is 0 Å². The van der Waals surface area contributed by atoms with Gasteiger partial charge in [0.25, 0.3) is 0 Å². The van der Waals surface area contributed by atoms with Crippen molar-refractivity contribution in [3.05, 3.63) is 23.0 Å². The van der Waals surface area contributed by atoms with E-state index < -0.39 is 0 Å². The van der Waals surface area contributed by atoms with Gasteiger partial charge in [-0.25, -0.2) is 0 Å². The molecule has 1 saturated heterocycles. The lowest BCUT2D eigenvalue weighted by molar-refractivity contribution is 0.521. The summed E-state index contributed by atoms with van der Waals surface area (Å²) in [5.74, 6) is 0.796. The number of pyridine rings is 1. The molecule has 2 rings (SSSR count). The fourth-order valence-corrected chi connectivity index (χ4v) is 2.70. The number of hydrogen-bond donors (Lipinski definition) is 0. The highest BCUT2D eigenvalue weighted by Crippen LogP contribution is 2.27. The number of aromatic nitrogens is 1. The van der Waals surface area contributed by atoms with Crippen molar-refractivity contribution in [2.24, 2.45) is 5.92 Å². The van der Waals surface area contributed by atoms with E-state index in [1.165, 1.54) is 19.3 Å². The number of hydrogen-bond acceptors (Lipinski definition) is 3. The van der Waals surface area contributed by atoms with E-state index in [0.717, 1.165) is 41.6 Å². The molecular formula is C15H21N3. The van der Waals surface area contributed by atoms with Crippen molar-refractivity contribution in [1.82, 2.24) is 4.98 Å². The molecule has 0 saturated carbocycles. The van der Waals surface area contributed by atoms with Crippen LogP contribution in [0, 0.1) is 31.1 Å². The van der Waals surface area contributed by atoms with Crippen molar-refractivity contribution in [2.75, 3.05) is 18.0 Å². The number of rotatable bonds is 1. The van der Waals surface area contributed by atoms with E-state index in [-0.39, 0.29) is 0 Å². The van der Waals surface area contributed by atoms with Crippen LogP contribution in [0.4, 0.5) is 5.69 Å². The van der Waals surface area contributed by atoms with Crippen LogP contribution in [0.25, 0.3) is 0 Å².